The predicted molar refractivity (Wildman–Crippen MR) is 73.5 cm³/mol. The van der Waals surface area contributed by atoms with E-state index in [9.17, 15) is 0 Å². The number of hydrogen-bond acceptors (Lipinski definition) is 4. The first-order valence-electron chi connectivity index (χ1n) is 5.74. The fourth-order valence-electron chi connectivity index (χ4n) is 1.93. The largest absolute Gasteiger partial charge is 0.496 e. The standard InChI is InChI=1S/C14H11ClN2O2/c1-8-5-12(18-2)9(7-17-8)13-6-11-14(19-13)10(15)3-4-16-11/h3-7H,1-2H3. The van der Waals surface area contributed by atoms with Crippen molar-refractivity contribution in [3.05, 3.63) is 41.3 Å². The Morgan fingerprint density at radius 2 is 2.11 bits per heavy atom. The Kier molecular flexibility index (Phi) is 2.87. The summed E-state index contributed by atoms with van der Waals surface area (Å²) in [7, 11) is 1.62. The van der Waals surface area contributed by atoms with E-state index in [-0.39, 0.29) is 0 Å². The maximum Gasteiger partial charge on any atom is 0.171 e. The maximum atomic E-state index is 6.08. The molecule has 0 unspecified atom stereocenters. The number of rotatable bonds is 2. The molecular formula is C14H11ClN2O2. The van der Waals surface area contributed by atoms with Crippen molar-refractivity contribution in [1.82, 2.24) is 9.97 Å². The van der Waals surface area contributed by atoms with E-state index in [4.69, 9.17) is 20.8 Å². The van der Waals surface area contributed by atoms with Crippen LogP contribution in [-0.4, -0.2) is 17.1 Å². The van der Waals surface area contributed by atoms with Crippen LogP contribution in [0.3, 0.4) is 0 Å². The van der Waals surface area contributed by atoms with Crippen LogP contribution in [0.25, 0.3) is 22.4 Å². The zero-order valence-corrected chi connectivity index (χ0v) is 11.2. The van der Waals surface area contributed by atoms with Gasteiger partial charge in [-0.25, -0.2) is 0 Å². The average molecular weight is 275 g/mol. The highest BCUT2D eigenvalue weighted by Gasteiger charge is 2.14. The zero-order chi connectivity index (χ0) is 13.4. The van der Waals surface area contributed by atoms with Crippen LogP contribution in [0.4, 0.5) is 0 Å². The average Bonchev–Trinajstić information content (AvgIpc) is 2.83. The molecule has 0 N–H and O–H groups in total. The van der Waals surface area contributed by atoms with Crippen LogP contribution < -0.4 is 4.74 Å². The Hall–Kier alpha value is -2.07. The van der Waals surface area contributed by atoms with E-state index in [0.717, 1.165) is 11.3 Å². The molecule has 0 aromatic carbocycles. The molecule has 0 radical (unpaired) electrons. The van der Waals surface area contributed by atoms with E-state index < -0.39 is 0 Å². The molecule has 0 aliphatic rings. The highest BCUT2D eigenvalue weighted by atomic mass is 35.5. The lowest BCUT2D eigenvalue weighted by Crippen LogP contribution is -1.90. The van der Waals surface area contributed by atoms with E-state index in [1.54, 1.807) is 25.6 Å². The fourth-order valence-corrected chi connectivity index (χ4v) is 2.12. The summed E-state index contributed by atoms with van der Waals surface area (Å²) in [6, 6.07) is 5.38. The molecule has 0 atom stereocenters. The van der Waals surface area contributed by atoms with Crippen molar-refractivity contribution in [2.45, 2.75) is 6.92 Å². The number of halogens is 1. The minimum atomic E-state index is 0.537. The predicted octanol–water partition coefficient (Wildman–Crippen LogP) is 3.86. The quantitative estimate of drug-likeness (QED) is 0.712. The number of pyridine rings is 2. The van der Waals surface area contributed by atoms with Gasteiger partial charge in [0.15, 0.2) is 5.58 Å². The summed E-state index contributed by atoms with van der Waals surface area (Å²) in [6.45, 7) is 1.91. The Morgan fingerprint density at radius 3 is 2.84 bits per heavy atom. The molecule has 5 heteroatoms. The lowest BCUT2D eigenvalue weighted by atomic mass is 10.2. The van der Waals surface area contributed by atoms with Crippen LogP contribution in [0.2, 0.25) is 5.02 Å². The molecule has 19 heavy (non-hydrogen) atoms. The van der Waals surface area contributed by atoms with E-state index in [0.29, 0.717) is 27.6 Å². The van der Waals surface area contributed by atoms with E-state index >= 15 is 0 Å². The minimum Gasteiger partial charge on any atom is -0.496 e. The Labute approximate surface area is 115 Å². The summed E-state index contributed by atoms with van der Waals surface area (Å²) in [5, 5.41) is 0.537. The molecule has 0 amide bonds. The molecule has 0 bridgehead atoms. The second kappa shape index (κ2) is 4.55. The summed E-state index contributed by atoms with van der Waals surface area (Å²) >= 11 is 6.08. The minimum absolute atomic E-state index is 0.537. The second-order valence-electron chi connectivity index (χ2n) is 4.14. The summed E-state index contributed by atoms with van der Waals surface area (Å²) in [4.78, 5) is 8.49. The van der Waals surface area contributed by atoms with Crippen molar-refractivity contribution in [2.24, 2.45) is 0 Å². The van der Waals surface area contributed by atoms with E-state index in [1.807, 2.05) is 19.1 Å². The van der Waals surface area contributed by atoms with Crippen LogP contribution >= 0.6 is 11.6 Å². The van der Waals surface area contributed by atoms with Gasteiger partial charge in [-0.3, -0.25) is 9.97 Å². The number of aromatic nitrogens is 2. The smallest absolute Gasteiger partial charge is 0.171 e. The Bertz CT molecular complexity index is 752. The monoisotopic (exact) mass is 274 g/mol. The SMILES string of the molecule is COc1cc(C)ncc1-c1cc2nccc(Cl)c2o1. The van der Waals surface area contributed by atoms with E-state index in [1.165, 1.54) is 0 Å². The molecule has 0 saturated carbocycles. The van der Waals surface area contributed by atoms with Gasteiger partial charge in [-0.05, 0) is 13.0 Å². The van der Waals surface area contributed by atoms with Crippen LogP contribution in [0.5, 0.6) is 5.75 Å². The van der Waals surface area contributed by atoms with Gasteiger partial charge in [0, 0.05) is 30.2 Å². The van der Waals surface area contributed by atoms with Gasteiger partial charge in [0.05, 0.1) is 17.7 Å². The van der Waals surface area contributed by atoms with Gasteiger partial charge in [-0.2, -0.15) is 0 Å². The second-order valence-corrected chi connectivity index (χ2v) is 4.55. The van der Waals surface area contributed by atoms with Gasteiger partial charge in [0.25, 0.3) is 0 Å². The maximum absolute atomic E-state index is 6.08. The number of hydrogen-bond donors (Lipinski definition) is 0. The molecule has 3 aromatic heterocycles. The molecule has 0 saturated heterocycles. The number of nitrogens with zero attached hydrogens (tertiary/aromatic N) is 2. The van der Waals surface area contributed by atoms with Crippen LogP contribution in [0.15, 0.2) is 35.0 Å². The number of fused-ring (bicyclic) bond motifs is 1. The third-order valence-electron chi connectivity index (χ3n) is 2.85. The van der Waals surface area contributed by atoms with Gasteiger partial charge in [-0.1, -0.05) is 11.6 Å². The first-order valence-corrected chi connectivity index (χ1v) is 6.12. The van der Waals surface area contributed by atoms with Crippen molar-refractivity contribution in [3.8, 4) is 17.1 Å². The van der Waals surface area contributed by atoms with E-state index in [2.05, 4.69) is 9.97 Å². The van der Waals surface area contributed by atoms with Gasteiger partial charge in [0.1, 0.15) is 17.0 Å². The summed E-state index contributed by atoms with van der Waals surface area (Å²) in [5.74, 6) is 1.35. The van der Waals surface area contributed by atoms with Crippen molar-refractivity contribution >= 4 is 22.7 Å². The number of furan rings is 1. The first kappa shape index (κ1) is 12.0. The molecule has 3 aromatic rings. The van der Waals surface area contributed by atoms with Gasteiger partial charge in [0.2, 0.25) is 0 Å². The van der Waals surface area contributed by atoms with Crippen molar-refractivity contribution < 1.29 is 9.15 Å². The number of aryl methyl sites for hydroxylation is 1. The van der Waals surface area contributed by atoms with Crippen molar-refractivity contribution in [1.29, 1.82) is 0 Å². The number of ether oxygens (including phenoxy) is 1. The first-order chi connectivity index (χ1) is 9.19. The molecule has 3 heterocycles. The van der Waals surface area contributed by atoms with Crippen molar-refractivity contribution in [3.63, 3.8) is 0 Å². The third kappa shape index (κ3) is 2.04. The normalized spacial score (nSPS) is 10.9. The summed E-state index contributed by atoms with van der Waals surface area (Å²) in [6.07, 6.45) is 3.37. The summed E-state index contributed by atoms with van der Waals surface area (Å²) in [5.41, 5.74) is 2.95. The molecule has 96 valence electrons. The van der Waals surface area contributed by atoms with Crippen LogP contribution in [0, 0.1) is 6.92 Å². The van der Waals surface area contributed by atoms with Crippen molar-refractivity contribution in [2.75, 3.05) is 7.11 Å². The van der Waals surface area contributed by atoms with Crippen LogP contribution in [-0.2, 0) is 0 Å². The van der Waals surface area contributed by atoms with Gasteiger partial charge < -0.3 is 9.15 Å². The Morgan fingerprint density at radius 1 is 1.26 bits per heavy atom. The third-order valence-corrected chi connectivity index (χ3v) is 3.15. The highest BCUT2D eigenvalue weighted by Crippen LogP contribution is 2.35. The molecular weight excluding hydrogens is 264 g/mol. The zero-order valence-electron chi connectivity index (χ0n) is 10.5. The lowest BCUT2D eigenvalue weighted by molar-refractivity contribution is 0.414. The van der Waals surface area contributed by atoms with Gasteiger partial charge in [-0.15, -0.1) is 0 Å². The highest BCUT2D eigenvalue weighted by molar-refractivity contribution is 6.34. The molecule has 4 nitrogen and oxygen atoms in total. The molecule has 0 fully saturated rings. The lowest BCUT2D eigenvalue weighted by Gasteiger charge is -2.05. The molecule has 0 spiro atoms. The topological polar surface area (TPSA) is 48.2 Å². The molecule has 0 aliphatic carbocycles. The number of methoxy groups -OCH3 is 1. The van der Waals surface area contributed by atoms with Crippen LogP contribution in [0.1, 0.15) is 5.69 Å². The molecule has 0 aliphatic heterocycles. The fraction of sp³-hybridized carbons (Fsp3) is 0.143. The summed E-state index contributed by atoms with van der Waals surface area (Å²) < 4.78 is 11.1. The Balaban J connectivity index is 2.22. The molecule has 3 rings (SSSR count). The van der Waals surface area contributed by atoms with Gasteiger partial charge >= 0.3 is 0 Å².